The molecule has 1 fully saturated rings. The lowest BCUT2D eigenvalue weighted by Gasteiger charge is -2.05. The molecule has 0 radical (unpaired) electrons. The maximum absolute atomic E-state index is 10.7. The second-order valence-electron chi connectivity index (χ2n) is 3.07. The summed E-state index contributed by atoms with van der Waals surface area (Å²) in [7, 11) is 0. The number of hydrogen-bond acceptors (Lipinski definition) is 5. The van der Waals surface area contributed by atoms with E-state index in [0.29, 0.717) is 0 Å². The van der Waals surface area contributed by atoms with Gasteiger partial charge in [-0.2, -0.15) is 4.33 Å². The van der Waals surface area contributed by atoms with E-state index in [1.165, 1.54) is 0 Å². The van der Waals surface area contributed by atoms with Gasteiger partial charge in [-0.25, -0.2) is 4.89 Å². The molecule has 80 valence electrons. The summed E-state index contributed by atoms with van der Waals surface area (Å²) in [4.78, 5) is 16.7. The lowest BCUT2D eigenvalue weighted by molar-refractivity contribution is -0.229. The van der Waals surface area contributed by atoms with Crippen LogP contribution >= 0.6 is 12.0 Å². The Balaban J connectivity index is 1.69. The number of ether oxygens (including phenoxy) is 1. The van der Waals surface area contributed by atoms with Crippen LogP contribution < -0.4 is 0 Å². The average molecular weight is 226 g/mol. The standard InChI is InChI=1S/C10H10O4S/c11-10-6-8(7-12-10)13-14-15-9-4-2-1-3-5-9/h1-5,8H,6-7H2. The predicted molar refractivity (Wildman–Crippen MR) is 53.8 cm³/mol. The Bertz CT molecular complexity index is 327. The quantitative estimate of drug-likeness (QED) is 0.340. The molecule has 0 aliphatic carbocycles. The fourth-order valence-corrected chi connectivity index (χ4v) is 1.64. The number of hydrogen-bond donors (Lipinski definition) is 0. The highest BCUT2D eigenvalue weighted by Gasteiger charge is 2.25. The molecule has 1 aromatic rings. The molecule has 0 saturated carbocycles. The van der Waals surface area contributed by atoms with E-state index in [1.807, 2.05) is 30.3 Å². The smallest absolute Gasteiger partial charge is 0.308 e. The molecule has 0 N–H and O–H groups in total. The summed E-state index contributed by atoms with van der Waals surface area (Å²) in [6.45, 7) is 0.272. The predicted octanol–water partition coefficient (Wildman–Crippen LogP) is 1.96. The fraction of sp³-hybridized carbons (Fsp3) is 0.300. The van der Waals surface area contributed by atoms with Crippen molar-refractivity contribution in [3.05, 3.63) is 30.3 Å². The Kier molecular flexibility index (Phi) is 3.60. The molecule has 0 aromatic heterocycles. The summed E-state index contributed by atoms with van der Waals surface area (Å²) in [6, 6.07) is 9.56. The minimum absolute atomic E-state index is 0.242. The minimum Gasteiger partial charge on any atom is -0.463 e. The SMILES string of the molecule is O=C1CC(OOSc2ccccc2)CO1. The van der Waals surface area contributed by atoms with Crippen LogP contribution in [0.25, 0.3) is 0 Å². The van der Waals surface area contributed by atoms with Crippen molar-refractivity contribution >= 4 is 18.0 Å². The first-order valence-corrected chi connectivity index (χ1v) is 5.29. The summed E-state index contributed by atoms with van der Waals surface area (Å²) in [5.41, 5.74) is 0. The molecule has 4 nitrogen and oxygen atoms in total. The van der Waals surface area contributed by atoms with Crippen LogP contribution in [-0.4, -0.2) is 18.7 Å². The van der Waals surface area contributed by atoms with Gasteiger partial charge in [0.05, 0.1) is 18.5 Å². The molecule has 0 spiro atoms. The van der Waals surface area contributed by atoms with Crippen LogP contribution in [0, 0.1) is 0 Å². The third-order valence-electron chi connectivity index (χ3n) is 1.87. The van der Waals surface area contributed by atoms with E-state index < -0.39 is 0 Å². The van der Waals surface area contributed by atoms with Gasteiger partial charge in [0.2, 0.25) is 0 Å². The van der Waals surface area contributed by atoms with Crippen LogP contribution in [-0.2, 0) is 18.8 Å². The van der Waals surface area contributed by atoms with E-state index in [-0.39, 0.29) is 25.1 Å². The Labute approximate surface area is 91.6 Å². The summed E-state index contributed by atoms with van der Waals surface area (Å²) >= 11 is 1.12. The normalized spacial score (nSPS) is 20.3. The van der Waals surface area contributed by atoms with E-state index in [0.717, 1.165) is 16.9 Å². The molecule has 15 heavy (non-hydrogen) atoms. The first kappa shape index (κ1) is 10.5. The largest absolute Gasteiger partial charge is 0.463 e. The molecule has 1 aliphatic rings. The van der Waals surface area contributed by atoms with Crippen LogP contribution in [0.5, 0.6) is 0 Å². The molecule has 1 heterocycles. The maximum atomic E-state index is 10.7. The average Bonchev–Trinajstić information content (AvgIpc) is 2.66. The Morgan fingerprint density at radius 2 is 2.13 bits per heavy atom. The third-order valence-corrected chi connectivity index (χ3v) is 2.48. The van der Waals surface area contributed by atoms with E-state index in [9.17, 15) is 4.79 Å². The van der Waals surface area contributed by atoms with Gasteiger partial charge in [0.25, 0.3) is 0 Å². The second kappa shape index (κ2) is 5.16. The van der Waals surface area contributed by atoms with Crippen molar-refractivity contribution in [1.82, 2.24) is 0 Å². The minimum atomic E-state index is -0.284. The van der Waals surface area contributed by atoms with Gasteiger partial charge in [-0.1, -0.05) is 18.2 Å². The molecule has 0 bridgehead atoms. The Morgan fingerprint density at radius 1 is 1.33 bits per heavy atom. The molecule has 1 aliphatic heterocycles. The first-order valence-electron chi connectivity index (χ1n) is 4.55. The van der Waals surface area contributed by atoms with Gasteiger partial charge in [-0.05, 0) is 12.1 Å². The van der Waals surface area contributed by atoms with E-state index in [4.69, 9.17) is 14.0 Å². The van der Waals surface area contributed by atoms with Gasteiger partial charge < -0.3 is 4.74 Å². The van der Waals surface area contributed by atoms with Crippen LogP contribution in [0.15, 0.2) is 35.2 Å². The number of rotatable bonds is 4. The Hall–Kier alpha value is -1.04. The van der Waals surface area contributed by atoms with Crippen LogP contribution in [0.4, 0.5) is 0 Å². The van der Waals surface area contributed by atoms with Crippen molar-refractivity contribution in [3.63, 3.8) is 0 Å². The van der Waals surface area contributed by atoms with Gasteiger partial charge in [-0.3, -0.25) is 4.79 Å². The lowest BCUT2D eigenvalue weighted by atomic mass is 10.3. The topological polar surface area (TPSA) is 44.8 Å². The lowest BCUT2D eigenvalue weighted by Crippen LogP contribution is -2.10. The molecule has 0 amide bonds. The van der Waals surface area contributed by atoms with Crippen molar-refractivity contribution in [2.24, 2.45) is 0 Å². The van der Waals surface area contributed by atoms with Gasteiger partial charge in [0, 0.05) is 4.90 Å². The second-order valence-corrected chi connectivity index (χ2v) is 3.84. The van der Waals surface area contributed by atoms with Crippen molar-refractivity contribution in [2.45, 2.75) is 17.4 Å². The molecular formula is C10H10O4S. The van der Waals surface area contributed by atoms with Gasteiger partial charge in [0.1, 0.15) is 12.7 Å². The maximum Gasteiger partial charge on any atom is 0.308 e. The number of benzene rings is 1. The monoisotopic (exact) mass is 226 g/mol. The van der Waals surface area contributed by atoms with Crippen molar-refractivity contribution < 1.29 is 18.8 Å². The van der Waals surface area contributed by atoms with Crippen molar-refractivity contribution in [3.8, 4) is 0 Å². The first-order chi connectivity index (χ1) is 7.34. The van der Waals surface area contributed by atoms with Crippen molar-refractivity contribution in [1.29, 1.82) is 0 Å². The number of carbonyl (C=O) groups excluding carboxylic acids is 1. The molecule has 1 aromatic carbocycles. The molecule has 1 unspecified atom stereocenters. The number of carbonyl (C=O) groups is 1. The zero-order valence-electron chi connectivity index (χ0n) is 7.92. The highest BCUT2D eigenvalue weighted by Crippen LogP contribution is 2.21. The van der Waals surface area contributed by atoms with E-state index in [1.54, 1.807) is 0 Å². The highest BCUT2D eigenvalue weighted by atomic mass is 32.2. The molecule has 2 rings (SSSR count). The zero-order valence-corrected chi connectivity index (χ0v) is 8.74. The molecule has 5 heteroatoms. The fourth-order valence-electron chi connectivity index (χ4n) is 1.14. The summed E-state index contributed by atoms with van der Waals surface area (Å²) in [5.74, 6) is -0.242. The van der Waals surface area contributed by atoms with E-state index in [2.05, 4.69) is 0 Å². The Morgan fingerprint density at radius 3 is 2.80 bits per heavy atom. The van der Waals surface area contributed by atoms with E-state index >= 15 is 0 Å². The van der Waals surface area contributed by atoms with Gasteiger partial charge in [0.15, 0.2) is 0 Å². The van der Waals surface area contributed by atoms with Gasteiger partial charge >= 0.3 is 5.97 Å². The summed E-state index contributed by atoms with van der Waals surface area (Å²) in [6.07, 6.45) is -0.0243. The van der Waals surface area contributed by atoms with Crippen molar-refractivity contribution in [2.75, 3.05) is 6.61 Å². The van der Waals surface area contributed by atoms with Crippen LogP contribution in [0.2, 0.25) is 0 Å². The summed E-state index contributed by atoms with van der Waals surface area (Å²) in [5, 5.41) is 0. The highest BCUT2D eigenvalue weighted by molar-refractivity contribution is 7.94. The number of esters is 1. The third kappa shape index (κ3) is 3.23. The molecule has 1 saturated heterocycles. The van der Waals surface area contributed by atoms with Gasteiger partial charge in [-0.15, -0.1) is 0 Å². The van der Waals surface area contributed by atoms with Crippen LogP contribution in [0.1, 0.15) is 6.42 Å². The molecular weight excluding hydrogens is 216 g/mol. The van der Waals surface area contributed by atoms with Crippen LogP contribution in [0.3, 0.4) is 0 Å². The number of cyclic esters (lactones) is 1. The molecule has 1 atom stereocenters. The summed E-state index contributed by atoms with van der Waals surface area (Å²) < 4.78 is 9.65. The zero-order chi connectivity index (χ0) is 10.5.